The second-order valence-corrected chi connectivity index (χ2v) is 4.91. The third-order valence-electron chi connectivity index (χ3n) is 3.09. The van der Waals surface area contributed by atoms with Gasteiger partial charge in [-0.25, -0.2) is 9.59 Å². The van der Waals surface area contributed by atoms with E-state index < -0.39 is 5.97 Å². The van der Waals surface area contributed by atoms with Gasteiger partial charge in [0.25, 0.3) is 0 Å². The van der Waals surface area contributed by atoms with E-state index >= 15 is 0 Å². The number of carboxylic acids is 1. The molecule has 0 aliphatic heterocycles. The van der Waals surface area contributed by atoms with Crippen LogP contribution in [0.15, 0.2) is 18.2 Å². The van der Waals surface area contributed by atoms with Gasteiger partial charge in [-0.2, -0.15) is 0 Å². The maximum absolute atomic E-state index is 12.0. The first-order chi connectivity index (χ1) is 9.45. The van der Waals surface area contributed by atoms with Crippen LogP contribution in [-0.2, 0) is 0 Å². The van der Waals surface area contributed by atoms with Crippen molar-refractivity contribution in [1.29, 1.82) is 0 Å². The molecule has 0 atom stereocenters. The van der Waals surface area contributed by atoms with Gasteiger partial charge < -0.3 is 15.3 Å². The zero-order valence-corrected chi connectivity index (χ0v) is 12.3. The van der Waals surface area contributed by atoms with Gasteiger partial charge in [0.1, 0.15) is 0 Å². The summed E-state index contributed by atoms with van der Waals surface area (Å²) < 4.78 is 0. The molecule has 0 aliphatic rings. The van der Waals surface area contributed by atoms with Crippen molar-refractivity contribution in [3.63, 3.8) is 0 Å². The molecule has 2 N–H and O–H groups in total. The van der Waals surface area contributed by atoms with E-state index in [0.717, 1.165) is 24.8 Å². The fraction of sp³-hybridized carbons (Fsp3) is 0.467. The number of hydrogen-bond acceptors (Lipinski definition) is 2. The topological polar surface area (TPSA) is 69.6 Å². The molecule has 0 heterocycles. The van der Waals surface area contributed by atoms with Crippen LogP contribution in [0.5, 0.6) is 0 Å². The van der Waals surface area contributed by atoms with Gasteiger partial charge in [0.05, 0.1) is 11.3 Å². The molecule has 0 saturated heterocycles. The second kappa shape index (κ2) is 7.53. The fourth-order valence-corrected chi connectivity index (χ4v) is 1.86. The van der Waals surface area contributed by atoms with Gasteiger partial charge in [-0.05, 0) is 25.5 Å². The van der Waals surface area contributed by atoms with Crippen LogP contribution in [0.3, 0.4) is 0 Å². The Morgan fingerprint density at radius 1 is 1.30 bits per heavy atom. The van der Waals surface area contributed by atoms with Crippen LogP contribution in [0, 0.1) is 6.92 Å². The third-order valence-corrected chi connectivity index (χ3v) is 3.09. The van der Waals surface area contributed by atoms with E-state index in [1.807, 2.05) is 6.92 Å². The lowest BCUT2D eigenvalue weighted by Gasteiger charge is -2.18. The molecular formula is C15H22N2O3. The number of benzene rings is 1. The number of carbonyl (C=O) groups excluding carboxylic acids is 1. The molecule has 0 bridgehead atoms. The molecule has 1 rings (SSSR count). The highest BCUT2D eigenvalue weighted by molar-refractivity contribution is 6.00. The minimum atomic E-state index is -1.04. The Balaban J connectivity index is 2.72. The Hall–Kier alpha value is -2.04. The highest BCUT2D eigenvalue weighted by Gasteiger charge is 2.14. The molecule has 5 heteroatoms. The monoisotopic (exact) mass is 278 g/mol. The van der Waals surface area contributed by atoms with Crippen molar-refractivity contribution in [2.75, 3.05) is 18.9 Å². The number of amides is 2. The Bertz CT molecular complexity index is 486. The number of urea groups is 1. The number of unbranched alkanes of at least 4 members (excludes halogenated alkanes) is 2. The summed E-state index contributed by atoms with van der Waals surface area (Å²) >= 11 is 0. The van der Waals surface area contributed by atoms with E-state index in [1.54, 1.807) is 30.1 Å². The summed E-state index contributed by atoms with van der Waals surface area (Å²) in [6, 6.07) is 4.66. The standard InChI is InChI=1S/C15H22N2O3/c1-4-5-6-9-17(3)15(20)16-13-8-7-11(2)10-12(13)14(18)19/h7-8,10H,4-6,9H2,1-3H3,(H,16,20)(H,18,19). The smallest absolute Gasteiger partial charge is 0.337 e. The van der Waals surface area contributed by atoms with E-state index in [-0.39, 0.29) is 11.6 Å². The third kappa shape index (κ3) is 4.57. The van der Waals surface area contributed by atoms with Gasteiger partial charge in [0.15, 0.2) is 0 Å². The number of hydrogen-bond donors (Lipinski definition) is 2. The van der Waals surface area contributed by atoms with Crippen molar-refractivity contribution >= 4 is 17.7 Å². The first-order valence-electron chi connectivity index (χ1n) is 6.81. The Kier molecular flexibility index (Phi) is 6.03. The SMILES string of the molecule is CCCCCN(C)C(=O)Nc1ccc(C)cc1C(=O)O. The van der Waals surface area contributed by atoms with Crippen LogP contribution < -0.4 is 5.32 Å². The average Bonchev–Trinajstić information content (AvgIpc) is 2.40. The van der Waals surface area contributed by atoms with E-state index in [9.17, 15) is 9.59 Å². The number of rotatable bonds is 6. The summed E-state index contributed by atoms with van der Waals surface area (Å²) in [6.07, 6.45) is 3.11. The number of anilines is 1. The van der Waals surface area contributed by atoms with Crippen molar-refractivity contribution in [3.8, 4) is 0 Å². The Morgan fingerprint density at radius 3 is 2.60 bits per heavy atom. The molecule has 0 unspecified atom stereocenters. The summed E-state index contributed by atoms with van der Waals surface area (Å²) in [5, 5.41) is 11.8. The lowest BCUT2D eigenvalue weighted by molar-refractivity contribution is 0.0698. The van der Waals surface area contributed by atoms with Gasteiger partial charge in [-0.3, -0.25) is 0 Å². The van der Waals surface area contributed by atoms with Crippen LogP contribution in [-0.4, -0.2) is 35.6 Å². The van der Waals surface area contributed by atoms with Crippen molar-refractivity contribution in [2.45, 2.75) is 33.1 Å². The number of carbonyl (C=O) groups is 2. The minimum absolute atomic E-state index is 0.111. The highest BCUT2D eigenvalue weighted by Crippen LogP contribution is 2.18. The fourth-order valence-electron chi connectivity index (χ4n) is 1.86. The van der Waals surface area contributed by atoms with Crippen molar-refractivity contribution in [1.82, 2.24) is 4.90 Å². The predicted octanol–water partition coefficient (Wildman–Crippen LogP) is 3.35. The van der Waals surface area contributed by atoms with E-state index in [2.05, 4.69) is 12.2 Å². The van der Waals surface area contributed by atoms with Crippen molar-refractivity contribution < 1.29 is 14.7 Å². The van der Waals surface area contributed by atoms with Gasteiger partial charge in [-0.1, -0.05) is 31.4 Å². The second-order valence-electron chi connectivity index (χ2n) is 4.91. The van der Waals surface area contributed by atoms with Crippen LogP contribution in [0.25, 0.3) is 0 Å². The molecule has 0 fully saturated rings. The quantitative estimate of drug-likeness (QED) is 0.784. The highest BCUT2D eigenvalue weighted by atomic mass is 16.4. The van der Waals surface area contributed by atoms with Crippen LogP contribution >= 0.6 is 0 Å². The van der Waals surface area contributed by atoms with Gasteiger partial charge in [0, 0.05) is 13.6 Å². The molecule has 0 aromatic heterocycles. The Morgan fingerprint density at radius 2 is 2.00 bits per heavy atom. The lowest BCUT2D eigenvalue weighted by atomic mass is 10.1. The number of aryl methyl sites for hydroxylation is 1. The summed E-state index contributed by atoms with van der Waals surface area (Å²) in [7, 11) is 1.71. The van der Waals surface area contributed by atoms with Crippen LogP contribution in [0.1, 0.15) is 42.1 Å². The molecule has 1 aromatic carbocycles. The zero-order valence-electron chi connectivity index (χ0n) is 12.3. The summed E-state index contributed by atoms with van der Waals surface area (Å²) in [5.74, 6) is -1.04. The molecule has 0 radical (unpaired) electrons. The number of nitrogens with zero attached hydrogens (tertiary/aromatic N) is 1. The summed E-state index contributed by atoms with van der Waals surface area (Å²) in [5.41, 5.74) is 1.28. The van der Waals surface area contributed by atoms with E-state index in [1.165, 1.54) is 0 Å². The number of aromatic carboxylic acids is 1. The number of carboxylic acid groups (broad SMARTS) is 1. The largest absolute Gasteiger partial charge is 0.478 e. The normalized spacial score (nSPS) is 10.2. The van der Waals surface area contributed by atoms with Crippen LogP contribution in [0.4, 0.5) is 10.5 Å². The molecule has 20 heavy (non-hydrogen) atoms. The number of nitrogens with one attached hydrogen (secondary N) is 1. The lowest BCUT2D eigenvalue weighted by Crippen LogP contribution is -2.32. The van der Waals surface area contributed by atoms with E-state index in [4.69, 9.17) is 5.11 Å². The van der Waals surface area contributed by atoms with Gasteiger partial charge in [-0.15, -0.1) is 0 Å². The average molecular weight is 278 g/mol. The summed E-state index contributed by atoms with van der Waals surface area (Å²) in [6.45, 7) is 4.58. The first-order valence-corrected chi connectivity index (χ1v) is 6.81. The first kappa shape index (κ1) is 16.0. The maximum Gasteiger partial charge on any atom is 0.337 e. The Labute approximate surface area is 119 Å². The molecule has 5 nitrogen and oxygen atoms in total. The molecule has 1 aromatic rings. The molecule has 2 amide bonds. The molecule has 0 saturated carbocycles. The minimum Gasteiger partial charge on any atom is -0.478 e. The molecule has 0 spiro atoms. The molecular weight excluding hydrogens is 256 g/mol. The van der Waals surface area contributed by atoms with Crippen molar-refractivity contribution in [3.05, 3.63) is 29.3 Å². The maximum atomic E-state index is 12.0. The van der Waals surface area contributed by atoms with E-state index in [0.29, 0.717) is 12.2 Å². The van der Waals surface area contributed by atoms with Gasteiger partial charge >= 0.3 is 12.0 Å². The zero-order chi connectivity index (χ0) is 15.1. The van der Waals surface area contributed by atoms with Crippen molar-refractivity contribution in [2.24, 2.45) is 0 Å². The van der Waals surface area contributed by atoms with Gasteiger partial charge in [0.2, 0.25) is 0 Å². The summed E-state index contributed by atoms with van der Waals surface area (Å²) in [4.78, 5) is 24.7. The molecule has 110 valence electrons. The predicted molar refractivity (Wildman–Crippen MR) is 79.3 cm³/mol. The van der Waals surface area contributed by atoms with Crippen LogP contribution in [0.2, 0.25) is 0 Å². The molecule has 0 aliphatic carbocycles.